The average Bonchev–Trinajstić information content (AvgIpc) is 2.54. The Labute approximate surface area is 126 Å². The minimum Gasteiger partial charge on any atom is -0.493 e. The van der Waals surface area contributed by atoms with Gasteiger partial charge in [-0.1, -0.05) is 12.1 Å². The van der Waals surface area contributed by atoms with Crippen LogP contribution in [-0.2, 0) is 4.79 Å². The highest BCUT2D eigenvalue weighted by Gasteiger charge is 2.21. The van der Waals surface area contributed by atoms with Gasteiger partial charge in [0, 0.05) is 6.54 Å². The van der Waals surface area contributed by atoms with Gasteiger partial charge in [-0.3, -0.25) is 4.79 Å². The molecule has 116 valence electrons. The summed E-state index contributed by atoms with van der Waals surface area (Å²) in [6, 6.07) is 7.52. The van der Waals surface area contributed by atoms with E-state index in [4.69, 9.17) is 9.47 Å². The number of amides is 1. The summed E-state index contributed by atoms with van der Waals surface area (Å²) in [7, 11) is 1.62. The summed E-state index contributed by atoms with van der Waals surface area (Å²) in [5.74, 6) is 1.59. The SMILES string of the molecule is COc1ccccc1OC(C)CNC(=O)C1CCCNC1. The number of hydrogen-bond donors (Lipinski definition) is 2. The second-order valence-corrected chi connectivity index (χ2v) is 5.37. The zero-order valence-electron chi connectivity index (χ0n) is 12.7. The molecule has 5 heteroatoms. The molecule has 2 unspecified atom stereocenters. The van der Waals surface area contributed by atoms with Gasteiger partial charge in [-0.15, -0.1) is 0 Å². The van der Waals surface area contributed by atoms with E-state index in [-0.39, 0.29) is 17.9 Å². The monoisotopic (exact) mass is 292 g/mol. The first-order chi connectivity index (χ1) is 10.2. The van der Waals surface area contributed by atoms with Gasteiger partial charge in [-0.05, 0) is 38.4 Å². The number of ether oxygens (including phenoxy) is 2. The van der Waals surface area contributed by atoms with Crippen LogP contribution in [0.15, 0.2) is 24.3 Å². The van der Waals surface area contributed by atoms with E-state index in [9.17, 15) is 4.79 Å². The Morgan fingerprint density at radius 3 is 2.86 bits per heavy atom. The highest BCUT2D eigenvalue weighted by Crippen LogP contribution is 2.26. The van der Waals surface area contributed by atoms with Crippen molar-refractivity contribution in [2.24, 2.45) is 5.92 Å². The van der Waals surface area contributed by atoms with E-state index < -0.39 is 0 Å². The molecule has 0 bridgehead atoms. The lowest BCUT2D eigenvalue weighted by Crippen LogP contribution is -2.43. The summed E-state index contributed by atoms with van der Waals surface area (Å²) < 4.78 is 11.1. The Bertz CT molecular complexity index is 459. The van der Waals surface area contributed by atoms with Crippen molar-refractivity contribution in [3.8, 4) is 11.5 Å². The van der Waals surface area contributed by atoms with E-state index in [0.717, 1.165) is 25.9 Å². The molecule has 2 rings (SSSR count). The third-order valence-electron chi connectivity index (χ3n) is 3.63. The topological polar surface area (TPSA) is 59.6 Å². The number of carbonyl (C=O) groups excluding carboxylic acids is 1. The normalized spacial score (nSPS) is 19.6. The third-order valence-corrected chi connectivity index (χ3v) is 3.63. The third kappa shape index (κ3) is 4.63. The van der Waals surface area contributed by atoms with Gasteiger partial charge in [-0.2, -0.15) is 0 Å². The van der Waals surface area contributed by atoms with Crippen LogP contribution < -0.4 is 20.1 Å². The van der Waals surface area contributed by atoms with Gasteiger partial charge in [-0.25, -0.2) is 0 Å². The van der Waals surface area contributed by atoms with Crippen LogP contribution in [0.4, 0.5) is 0 Å². The van der Waals surface area contributed by atoms with Gasteiger partial charge in [0.1, 0.15) is 6.10 Å². The number of nitrogens with one attached hydrogen (secondary N) is 2. The molecule has 2 atom stereocenters. The second-order valence-electron chi connectivity index (χ2n) is 5.37. The van der Waals surface area contributed by atoms with Crippen LogP contribution in [0.2, 0.25) is 0 Å². The maximum Gasteiger partial charge on any atom is 0.224 e. The fourth-order valence-corrected chi connectivity index (χ4v) is 2.44. The Morgan fingerprint density at radius 1 is 1.43 bits per heavy atom. The van der Waals surface area contributed by atoms with Crippen molar-refractivity contribution < 1.29 is 14.3 Å². The maximum atomic E-state index is 12.0. The van der Waals surface area contributed by atoms with Crippen molar-refractivity contribution in [3.63, 3.8) is 0 Å². The molecule has 1 amide bonds. The molecule has 1 aliphatic rings. The number of benzene rings is 1. The Kier molecular flexibility index (Phi) is 5.87. The maximum absolute atomic E-state index is 12.0. The van der Waals surface area contributed by atoms with E-state index in [2.05, 4.69) is 10.6 Å². The summed E-state index contributed by atoms with van der Waals surface area (Å²) >= 11 is 0. The summed E-state index contributed by atoms with van der Waals surface area (Å²) in [5.41, 5.74) is 0. The first-order valence-electron chi connectivity index (χ1n) is 7.49. The average molecular weight is 292 g/mol. The summed E-state index contributed by atoms with van der Waals surface area (Å²) in [4.78, 5) is 12.0. The zero-order chi connectivity index (χ0) is 15.1. The Balaban J connectivity index is 1.78. The highest BCUT2D eigenvalue weighted by atomic mass is 16.5. The molecule has 0 aromatic heterocycles. The number of methoxy groups -OCH3 is 1. The van der Waals surface area contributed by atoms with Crippen LogP contribution in [0.1, 0.15) is 19.8 Å². The smallest absolute Gasteiger partial charge is 0.224 e. The number of rotatable bonds is 6. The molecule has 1 aromatic carbocycles. The predicted octanol–water partition coefficient (Wildman–Crippen LogP) is 1.58. The first-order valence-corrected chi connectivity index (χ1v) is 7.49. The second kappa shape index (κ2) is 7.88. The lowest BCUT2D eigenvalue weighted by atomic mass is 9.99. The van der Waals surface area contributed by atoms with Gasteiger partial charge < -0.3 is 20.1 Å². The van der Waals surface area contributed by atoms with Gasteiger partial charge in [0.15, 0.2) is 11.5 Å². The molecule has 21 heavy (non-hydrogen) atoms. The fourth-order valence-electron chi connectivity index (χ4n) is 2.44. The summed E-state index contributed by atoms with van der Waals surface area (Å²) in [6.07, 6.45) is 1.91. The van der Waals surface area contributed by atoms with Crippen LogP contribution in [0.3, 0.4) is 0 Å². The minimum absolute atomic E-state index is 0.0808. The molecule has 1 heterocycles. The van der Waals surface area contributed by atoms with Gasteiger partial charge >= 0.3 is 0 Å². The van der Waals surface area contributed by atoms with E-state index in [1.807, 2.05) is 31.2 Å². The molecular weight excluding hydrogens is 268 g/mol. The quantitative estimate of drug-likeness (QED) is 0.836. The van der Waals surface area contributed by atoms with Gasteiger partial charge in [0.25, 0.3) is 0 Å². The van der Waals surface area contributed by atoms with Gasteiger partial charge in [0.2, 0.25) is 5.91 Å². The molecule has 0 spiro atoms. The number of para-hydroxylation sites is 2. The summed E-state index contributed by atoms with van der Waals surface area (Å²) in [5, 5.41) is 6.21. The Morgan fingerprint density at radius 2 is 2.19 bits per heavy atom. The van der Waals surface area contributed by atoms with E-state index in [0.29, 0.717) is 18.0 Å². The van der Waals surface area contributed by atoms with E-state index in [1.165, 1.54) is 0 Å². The molecular formula is C16H24N2O3. The molecule has 5 nitrogen and oxygen atoms in total. The highest BCUT2D eigenvalue weighted by molar-refractivity contribution is 5.79. The zero-order valence-corrected chi connectivity index (χ0v) is 12.7. The first kappa shape index (κ1) is 15.6. The molecule has 0 aliphatic carbocycles. The fraction of sp³-hybridized carbons (Fsp3) is 0.562. The molecule has 2 N–H and O–H groups in total. The standard InChI is InChI=1S/C16H24N2O3/c1-12(21-15-8-4-3-7-14(15)20-2)10-18-16(19)13-6-5-9-17-11-13/h3-4,7-8,12-13,17H,5-6,9-11H2,1-2H3,(H,18,19). The van der Waals surface area contributed by atoms with Crippen molar-refractivity contribution in [1.29, 1.82) is 0 Å². The van der Waals surface area contributed by atoms with Crippen molar-refractivity contribution >= 4 is 5.91 Å². The van der Waals surface area contributed by atoms with Crippen LogP contribution in [0.5, 0.6) is 11.5 Å². The molecule has 0 saturated carbocycles. The van der Waals surface area contributed by atoms with Crippen molar-refractivity contribution in [2.45, 2.75) is 25.9 Å². The minimum atomic E-state index is -0.109. The molecule has 0 radical (unpaired) electrons. The Hall–Kier alpha value is -1.75. The van der Waals surface area contributed by atoms with Crippen LogP contribution in [-0.4, -0.2) is 38.8 Å². The number of piperidine rings is 1. The molecule has 1 aliphatic heterocycles. The van der Waals surface area contributed by atoms with Crippen LogP contribution in [0, 0.1) is 5.92 Å². The van der Waals surface area contributed by atoms with Crippen molar-refractivity contribution in [3.05, 3.63) is 24.3 Å². The van der Waals surface area contributed by atoms with E-state index in [1.54, 1.807) is 7.11 Å². The van der Waals surface area contributed by atoms with Crippen molar-refractivity contribution in [2.75, 3.05) is 26.7 Å². The number of carbonyl (C=O) groups is 1. The van der Waals surface area contributed by atoms with Crippen LogP contribution >= 0.6 is 0 Å². The van der Waals surface area contributed by atoms with Gasteiger partial charge in [0.05, 0.1) is 19.6 Å². The largest absolute Gasteiger partial charge is 0.493 e. The summed E-state index contributed by atoms with van der Waals surface area (Å²) in [6.45, 7) is 4.21. The lowest BCUT2D eigenvalue weighted by molar-refractivity contribution is -0.125. The predicted molar refractivity (Wildman–Crippen MR) is 81.7 cm³/mol. The van der Waals surface area contributed by atoms with Crippen molar-refractivity contribution in [1.82, 2.24) is 10.6 Å². The molecule has 1 fully saturated rings. The van der Waals surface area contributed by atoms with E-state index >= 15 is 0 Å². The molecule has 1 saturated heterocycles. The molecule has 1 aromatic rings. The van der Waals surface area contributed by atoms with Crippen LogP contribution in [0.25, 0.3) is 0 Å². The lowest BCUT2D eigenvalue weighted by Gasteiger charge is -2.23. The number of hydrogen-bond acceptors (Lipinski definition) is 4.